The molecule has 0 radical (unpaired) electrons. The summed E-state index contributed by atoms with van der Waals surface area (Å²) in [6.07, 6.45) is 2.52. The predicted octanol–water partition coefficient (Wildman–Crippen LogP) is 0.605. The van der Waals surface area contributed by atoms with Crippen molar-refractivity contribution in [1.29, 1.82) is 0 Å². The number of nitrogens with two attached hydrogens (primary N) is 2. The molecule has 0 aromatic rings. The van der Waals surface area contributed by atoms with Gasteiger partial charge in [0, 0.05) is 6.54 Å². The number of likely N-dealkylation sites (tertiary alicyclic amines) is 1. The molecule has 0 saturated carbocycles. The van der Waals surface area contributed by atoms with Gasteiger partial charge in [-0.3, -0.25) is 4.79 Å². The molecule has 0 bridgehead atoms. The van der Waals surface area contributed by atoms with E-state index in [1.54, 1.807) is 4.90 Å². The highest BCUT2D eigenvalue weighted by Crippen LogP contribution is 2.20. The molecule has 2 atom stereocenters. The number of carbonyl (C=O) groups excluding carboxylic acids is 2. The SMILES string of the molecule is CC(C)(C)OC(=O)N1CCCCC1COCC(N)C(N)=O. The molecule has 7 heteroatoms. The van der Waals surface area contributed by atoms with Crippen LogP contribution in [0.5, 0.6) is 0 Å². The Hall–Kier alpha value is -1.34. The van der Waals surface area contributed by atoms with Crippen LogP contribution in [0.4, 0.5) is 4.79 Å². The van der Waals surface area contributed by atoms with E-state index in [1.807, 2.05) is 20.8 Å². The molecule has 0 aliphatic carbocycles. The average Bonchev–Trinajstić information content (AvgIpc) is 2.37. The summed E-state index contributed by atoms with van der Waals surface area (Å²) in [5, 5.41) is 0. The first-order valence-corrected chi connectivity index (χ1v) is 7.33. The van der Waals surface area contributed by atoms with E-state index in [-0.39, 0.29) is 18.7 Å². The maximum absolute atomic E-state index is 12.2. The van der Waals surface area contributed by atoms with Gasteiger partial charge in [0.1, 0.15) is 11.6 Å². The highest BCUT2D eigenvalue weighted by atomic mass is 16.6. The molecule has 2 amide bonds. The molecule has 7 nitrogen and oxygen atoms in total. The fraction of sp³-hybridized carbons (Fsp3) is 0.857. The van der Waals surface area contributed by atoms with Crippen LogP contribution in [0.25, 0.3) is 0 Å². The Kier molecular flexibility index (Phi) is 6.42. The van der Waals surface area contributed by atoms with Crippen molar-refractivity contribution in [3.63, 3.8) is 0 Å². The summed E-state index contributed by atoms with van der Waals surface area (Å²) >= 11 is 0. The minimum absolute atomic E-state index is 0.0475. The molecular weight excluding hydrogens is 274 g/mol. The van der Waals surface area contributed by atoms with Crippen LogP contribution in [0, 0.1) is 0 Å². The monoisotopic (exact) mass is 301 g/mol. The van der Waals surface area contributed by atoms with Gasteiger partial charge >= 0.3 is 6.09 Å². The molecule has 21 heavy (non-hydrogen) atoms. The van der Waals surface area contributed by atoms with E-state index in [1.165, 1.54) is 0 Å². The first kappa shape index (κ1) is 17.7. The van der Waals surface area contributed by atoms with Gasteiger partial charge in [-0.05, 0) is 40.0 Å². The summed E-state index contributed by atoms with van der Waals surface area (Å²) in [5.41, 5.74) is 10.1. The summed E-state index contributed by atoms with van der Waals surface area (Å²) in [6.45, 7) is 6.57. The molecule has 0 aromatic carbocycles. The second-order valence-electron chi connectivity index (χ2n) is 6.37. The molecule has 0 aromatic heterocycles. The van der Waals surface area contributed by atoms with Crippen molar-refractivity contribution in [3.8, 4) is 0 Å². The lowest BCUT2D eigenvalue weighted by Gasteiger charge is -2.36. The lowest BCUT2D eigenvalue weighted by molar-refractivity contribution is -0.120. The number of nitrogens with zero attached hydrogens (tertiary/aromatic N) is 1. The van der Waals surface area contributed by atoms with Crippen molar-refractivity contribution in [1.82, 2.24) is 4.90 Å². The Bertz CT molecular complexity index is 368. The summed E-state index contributed by atoms with van der Waals surface area (Å²) in [4.78, 5) is 24.7. The number of ether oxygens (including phenoxy) is 2. The van der Waals surface area contributed by atoms with Gasteiger partial charge in [0.2, 0.25) is 5.91 Å². The summed E-state index contributed by atoms with van der Waals surface area (Å²) < 4.78 is 10.8. The summed E-state index contributed by atoms with van der Waals surface area (Å²) in [7, 11) is 0. The smallest absolute Gasteiger partial charge is 0.410 e. The van der Waals surface area contributed by atoms with Crippen LogP contribution in [0.3, 0.4) is 0 Å². The van der Waals surface area contributed by atoms with Crippen molar-refractivity contribution in [3.05, 3.63) is 0 Å². The molecule has 2 unspecified atom stereocenters. The minimum Gasteiger partial charge on any atom is -0.444 e. The molecule has 1 fully saturated rings. The number of amides is 2. The molecule has 1 saturated heterocycles. The van der Waals surface area contributed by atoms with Gasteiger partial charge in [0.15, 0.2) is 0 Å². The Morgan fingerprint density at radius 1 is 1.33 bits per heavy atom. The number of hydrogen-bond donors (Lipinski definition) is 2. The Morgan fingerprint density at radius 2 is 2.00 bits per heavy atom. The van der Waals surface area contributed by atoms with Crippen LogP contribution in [0.1, 0.15) is 40.0 Å². The number of primary amides is 1. The van der Waals surface area contributed by atoms with Crippen LogP contribution in [-0.4, -0.2) is 54.3 Å². The van der Waals surface area contributed by atoms with Crippen LogP contribution in [0.2, 0.25) is 0 Å². The third kappa shape index (κ3) is 6.31. The fourth-order valence-electron chi connectivity index (χ4n) is 2.15. The first-order chi connectivity index (χ1) is 9.70. The normalized spacial score (nSPS) is 21.0. The molecule has 4 N–H and O–H groups in total. The molecule has 0 spiro atoms. The topological polar surface area (TPSA) is 108 Å². The van der Waals surface area contributed by atoms with E-state index in [4.69, 9.17) is 20.9 Å². The number of rotatable bonds is 5. The highest BCUT2D eigenvalue weighted by molar-refractivity contribution is 5.79. The van der Waals surface area contributed by atoms with E-state index >= 15 is 0 Å². The van der Waals surface area contributed by atoms with E-state index in [0.29, 0.717) is 13.2 Å². The van der Waals surface area contributed by atoms with Crippen molar-refractivity contribution >= 4 is 12.0 Å². The van der Waals surface area contributed by atoms with Gasteiger partial charge in [-0.15, -0.1) is 0 Å². The highest BCUT2D eigenvalue weighted by Gasteiger charge is 2.30. The lowest BCUT2D eigenvalue weighted by Crippen LogP contribution is -2.49. The number of piperidine rings is 1. The zero-order chi connectivity index (χ0) is 16.0. The summed E-state index contributed by atoms with van der Waals surface area (Å²) in [6, 6.07) is -0.864. The van der Waals surface area contributed by atoms with E-state index in [9.17, 15) is 9.59 Å². The largest absolute Gasteiger partial charge is 0.444 e. The van der Waals surface area contributed by atoms with Gasteiger partial charge in [-0.1, -0.05) is 0 Å². The van der Waals surface area contributed by atoms with E-state index in [2.05, 4.69) is 0 Å². The summed E-state index contributed by atoms with van der Waals surface area (Å²) in [5.74, 6) is -0.595. The zero-order valence-electron chi connectivity index (χ0n) is 13.1. The Morgan fingerprint density at radius 3 is 2.57 bits per heavy atom. The van der Waals surface area contributed by atoms with Crippen LogP contribution in [0.15, 0.2) is 0 Å². The molecule has 1 aliphatic heterocycles. The minimum atomic E-state index is -0.816. The van der Waals surface area contributed by atoms with Crippen molar-refractivity contribution in [2.75, 3.05) is 19.8 Å². The van der Waals surface area contributed by atoms with E-state index in [0.717, 1.165) is 19.3 Å². The maximum Gasteiger partial charge on any atom is 0.410 e. The predicted molar refractivity (Wildman–Crippen MR) is 78.6 cm³/mol. The number of carbonyl (C=O) groups is 2. The van der Waals surface area contributed by atoms with Gasteiger partial charge in [-0.25, -0.2) is 4.79 Å². The standard InChI is InChI=1S/C14H27N3O4/c1-14(2,3)21-13(19)17-7-5-4-6-10(17)8-20-9-11(15)12(16)18/h10-11H,4-9,15H2,1-3H3,(H2,16,18). The molecule has 1 rings (SSSR count). The fourth-order valence-corrected chi connectivity index (χ4v) is 2.15. The molecular formula is C14H27N3O4. The van der Waals surface area contributed by atoms with Crippen molar-refractivity contribution in [2.45, 2.75) is 57.7 Å². The van der Waals surface area contributed by atoms with Crippen LogP contribution in [-0.2, 0) is 14.3 Å². The van der Waals surface area contributed by atoms with Crippen molar-refractivity contribution in [2.24, 2.45) is 11.5 Å². The lowest BCUT2D eigenvalue weighted by atomic mass is 10.0. The second-order valence-corrected chi connectivity index (χ2v) is 6.37. The molecule has 122 valence electrons. The van der Waals surface area contributed by atoms with Gasteiger partial charge in [-0.2, -0.15) is 0 Å². The van der Waals surface area contributed by atoms with Crippen LogP contribution < -0.4 is 11.5 Å². The average molecular weight is 301 g/mol. The van der Waals surface area contributed by atoms with Crippen LogP contribution >= 0.6 is 0 Å². The Labute approximate surface area is 125 Å². The quantitative estimate of drug-likeness (QED) is 0.773. The van der Waals surface area contributed by atoms with Gasteiger partial charge < -0.3 is 25.8 Å². The van der Waals surface area contributed by atoms with Crippen molar-refractivity contribution < 1.29 is 19.1 Å². The van der Waals surface area contributed by atoms with Gasteiger partial charge in [0.25, 0.3) is 0 Å². The number of hydrogen-bond acceptors (Lipinski definition) is 5. The van der Waals surface area contributed by atoms with E-state index < -0.39 is 17.6 Å². The second kappa shape index (κ2) is 7.61. The maximum atomic E-state index is 12.2. The first-order valence-electron chi connectivity index (χ1n) is 7.33. The molecule has 1 heterocycles. The Balaban J connectivity index is 2.49. The molecule has 1 aliphatic rings. The van der Waals surface area contributed by atoms with Gasteiger partial charge in [0.05, 0.1) is 19.3 Å². The third-order valence-electron chi connectivity index (χ3n) is 3.23. The zero-order valence-corrected chi connectivity index (χ0v) is 13.1. The third-order valence-corrected chi connectivity index (χ3v) is 3.23.